The number of nitrogens with two attached hydrogens (primary N) is 1. The first-order chi connectivity index (χ1) is 22.7. The third kappa shape index (κ3) is 6.42. The molecule has 1 fully saturated rings. The Labute approximate surface area is 276 Å². The number of aliphatic hydroxyl groups excluding tert-OH is 2. The van der Waals surface area contributed by atoms with Crippen molar-refractivity contribution in [1.29, 1.82) is 0 Å². The lowest BCUT2D eigenvalue weighted by atomic mass is 9.71. The van der Waals surface area contributed by atoms with E-state index in [-0.39, 0.29) is 59.3 Å². The Kier molecular flexibility index (Phi) is 10.2. The molecule has 15 heteroatoms. The van der Waals surface area contributed by atoms with E-state index in [0.717, 1.165) is 0 Å². The van der Waals surface area contributed by atoms with Gasteiger partial charge in [0.15, 0.2) is 12.1 Å². The predicted octanol–water partition coefficient (Wildman–Crippen LogP) is 0.720. The van der Waals surface area contributed by atoms with Gasteiger partial charge in [0.05, 0.1) is 73.6 Å². The summed E-state index contributed by atoms with van der Waals surface area (Å²) in [6.45, 7) is 4.49. The summed E-state index contributed by atoms with van der Waals surface area (Å²) >= 11 is 0. The van der Waals surface area contributed by atoms with Crippen molar-refractivity contribution < 1.29 is 58.9 Å². The second-order valence-electron chi connectivity index (χ2n) is 12.5. The molecule has 1 aliphatic heterocycles. The fourth-order valence-electron chi connectivity index (χ4n) is 6.47. The Balaban J connectivity index is 1.60. The number of methoxy groups -OCH3 is 1. The summed E-state index contributed by atoms with van der Waals surface area (Å²) in [4.78, 5) is 40.1. The highest BCUT2D eigenvalue weighted by Crippen LogP contribution is 2.52. The second-order valence-corrected chi connectivity index (χ2v) is 12.5. The summed E-state index contributed by atoms with van der Waals surface area (Å²) in [5.41, 5.74) is 4.64. The van der Waals surface area contributed by atoms with E-state index in [4.69, 9.17) is 24.7 Å². The summed E-state index contributed by atoms with van der Waals surface area (Å²) in [6, 6.07) is 3.64. The Morgan fingerprint density at radius 1 is 1.17 bits per heavy atom. The molecule has 6 atom stereocenters. The van der Waals surface area contributed by atoms with Crippen LogP contribution < -0.4 is 15.9 Å². The Bertz CT molecular complexity index is 1630. The summed E-state index contributed by atoms with van der Waals surface area (Å²) in [5.74, 6) is -3.35. The van der Waals surface area contributed by atoms with Crippen LogP contribution >= 0.6 is 0 Å². The zero-order valence-corrected chi connectivity index (χ0v) is 27.1. The number of hydrogen-bond acceptors (Lipinski definition) is 14. The number of hydrogen-bond donors (Lipinski definition) is 7. The van der Waals surface area contributed by atoms with Crippen molar-refractivity contribution in [1.82, 2.24) is 5.43 Å². The van der Waals surface area contributed by atoms with Crippen molar-refractivity contribution >= 4 is 23.2 Å². The molecule has 8 N–H and O–H groups in total. The van der Waals surface area contributed by atoms with Gasteiger partial charge in [-0.15, -0.1) is 0 Å². The van der Waals surface area contributed by atoms with Gasteiger partial charge >= 0.3 is 0 Å². The molecule has 15 nitrogen and oxygen atoms in total. The molecule has 1 amide bonds. The molecule has 260 valence electrons. The first-order valence-electron chi connectivity index (χ1n) is 15.6. The van der Waals surface area contributed by atoms with Crippen LogP contribution in [0, 0.1) is 0 Å². The number of aromatic hydroxyl groups is 2. The largest absolute Gasteiger partial charge is 0.507 e. The van der Waals surface area contributed by atoms with Gasteiger partial charge in [-0.25, -0.2) is 5.43 Å². The second kappa shape index (κ2) is 13.9. The topological polar surface area (TPSA) is 240 Å². The molecule has 5 rings (SSSR count). The van der Waals surface area contributed by atoms with Gasteiger partial charge in [-0.1, -0.05) is 12.1 Å². The lowest BCUT2D eigenvalue weighted by molar-refractivity contribution is -0.245. The van der Waals surface area contributed by atoms with Crippen LogP contribution in [0.1, 0.15) is 89.1 Å². The van der Waals surface area contributed by atoms with Crippen LogP contribution in [0.5, 0.6) is 17.2 Å². The molecule has 0 bridgehead atoms. The molecule has 0 spiro atoms. The number of carbonyl (C=O) groups is 3. The Morgan fingerprint density at radius 3 is 2.52 bits per heavy atom. The zero-order valence-electron chi connectivity index (χ0n) is 27.1. The molecule has 1 heterocycles. The average molecular weight is 672 g/mol. The SMILES string of the molecule is COc1cccc2c1C(=O)c1c(O)c3c(c(O)c1C2=O)C[C@@](O)(/C(CO)=N\NC(=O)CCOC(C)C)C[C@@H]3O[C@H]1C[C@H](N)[C@H](O)[C@H](C)O1. The number of phenols is 2. The third-order valence-corrected chi connectivity index (χ3v) is 8.93. The normalized spacial score (nSPS) is 26.9. The number of aliphatic hydroxyl groups is 3. The number of ether oxygens (including phenoxy) is 4. The van der Waals surface area contributed by atoms with Crippen molar-refractivity contribution in [3.8, 4) is 17.2 Å². The van der Waals surface area contributed by atoms with Gasteiger partial charge < -0.3 is 50.2 Å². The minimum atomic E-state index is -2.11. The smallest absolute Gasteiger partial charge is 0.242 e. The number of phenolic OH excluding ortho intramolecular Hbond substituents is 2. The number of nitrogens with one attached hydrogen (secondary N) is 1. The fourth-order valence-corrected chi connectivity index (χ4v) is 6.47. The number of nitrogens with zero attached hydrogens (tertiary/aromatic N) is 1. The van der Waals surface area contributed by atoms with Crippen LogP contribution in [0.4, 0.5) is 0 Å². The quantitative estimate of drug-likeness (QED) is 0.0894. The van der Waals surface area contributed by atoms with Crippen LogP contribution in [0.2, 0.25) is 0 Å². The molecule has 2 aliphatic carbocycles. The monoisotopic (exact) mass is 671 g/mol. The molecule has 2 aromatic rings. The molecule has 1 saturated heterocycles. The Morgan fingerprint density at radius 2 is 1.88 bits per heavy atom. The molecule has 3 aliphatic rings. The summed E-state index contributed by atoms with van der Waals surface area (Å²) in [6.07, 6.45) is -5.24. The van der Waals surface area contributed by atoms with Gasteiger partial charge in [0.1, 0.15) is 22.8 Å². The molecule has 0 radical (unpaired) electrons. The van der Waals surface area contributed by atoms with Crippen molar-refractivity contribution in [3.63, 3.8) is 0 Å². The van der Waals surface area contributed by atoms with E-state index in [9.17, 15) is 39.9 Å². The van der Waals surface area contributed by atoms with Crippen molar-refractivity contribution in [2.24, 2.45) is 10.8 Å². The maximum atomic E-state index is 13.9. The molecule has 48 heavy (non-hydrogen) atoms. The van der Waals surface area contributed by atoms with E-state index < -0.39 is 95.8 Å². The van der Waals surface area contributed by atoms with Gasteiger partial charge in [0.2, 0.25) is 11.7 Å². The van der Waals surface area contributed by atoms with Crippen molar-refractivity contribution in [2.45, 2.75) is 88.8 Å². The molecule has 2 aromatic carbocycles. The highest BCUT2D eigenvalue weighted by atomic mass is 16.7. The van der Waals surface area contributed by atoms with Gasteiger partial charge in [0.25, 0.3) is 0 Å². The van der Waals surface area contributed by atoms with Crippen LogP contribution in [-0.2, 0) is 25.4 Å². The lowest BCUT2D eigenvalue weighted by Crippen LogP contribution is -2.53. The Hall–Kier alpha value is -3.96. The third-order valence-electron chi connectivity index (χ3n) is 8.93. The number of amides is 1. The van der Waals surface area contributed by atoms with Gasteiger partial charge in [-0.2, -0.15) is 5.10 Å². The summed E-state index contributed by atoms with van der Waals surface area (Å²) < 4.78 is 22.7. The van der Waals surface area contributed by atoms with E-state index in [2.05, 4.69) is 10.5 Å². The van der Waals surface area contributed by atoms with Gasteiger partial charge in [-0.3, -0.25) is 14.4 Å². The maximum Gasteiger partial charge on any atom is 0.242 e. The summed E-state index contributed by atoms with van der Waals surface area (Å²) in [7, 11) is 1.33. The van der Waals surface area contributed by atoms with E-state index in [1.165, 1.54) is 25.3 Å². The predicted molar refractivity (Wildman–Crippen MR) is 168 cm³/mol. The number of rotatable bonds is 10. The van der Waals surface area contributed by atoms with E-state index in [0.29, 0.717) is 0 Å². The number of fused-ring (bicyclic) bond motifs is 3. The molecular weight excluding hydrogens is 630 g/mol. The molecule has 0 aromatic heterocycles. The minimum Gasteiger partial charge on any atom is -0.507 e. The lowest BCUT2D eigenvalue weighted by Gasteiger charge is -2.43. The first kappa shape index (κ1) is 35.3. The number of hydrazone groups is 1. The standard InChI is InChI=1S/C33H41N3O12/c1-14(2)46-9-8-22(38)36-35-21(13-37)33(44)11-17-25(20(12-33)48-23-10-18(34)28(39)15(3)47-23)32(43)27-26(30(17)41)29(40)16-6-5-7-19(45-4)24(16)31(27)42/h5-7,14-15,18,20,23,28,37,39,41,43-44H,8-13,34H2,1-4H3,(H,36,38)/b35-21-/t15-,18-,20-,23-,28+,33-/m0/s1. The fraction of sp³-hybridized carbons (Fsp3) is 0.515. The van der Waals surface area contributed by atoms with Crippen molar-refractivity contribution in [3.05, 3.63) is 51.6 Å². The highest BCUT2D eigenvalue weighted by Gasteiger charge is 2.49. The highest BCUT2D eigenvalue weighted by molar-refractivity contribution is 6.31. The van der Waals surface area contributed by atoms with Crippen LogP contribution in [0.15, 0.2) is 23.3 Å². The number of carbonyl (C=O) groups excluding carboxylic acids is 3. The van der Waals surface area contributed by atoms with E-state index in [1.807, 2.05) is 13.8 Å². The van der Waals surface area contributed by atoms with Crippen LogP contribution in [0.25, 0.3) is 0 Å². The van der Waals surface area contributed by atoms with Crippen molar-refractivity contribution in [2.75, 3.05) is 20.3 Å². The van der Waals surface area contributed by atoms with E-state index in [1.54, 1.807) is 6.92 Å². The number of benzene rings is 2. The van der Waals surface area contributed by atoms with Crippen LogP contribution in [-0.4, -0.2) is 105 Å². The first-order valence-corrected chi connectivity index (χ1v) is 15.6. The van der Waals surface area contributed by atoms with Gasteiger partial charge in [0, 0.05) is 42.0 Å². The maximum absolute atomic E-state index is 13.9. The number of ketones is 2. The van der Waals surface area contributed by atoms with Crippen LogP contribution in [0.3, 0.4) is 0 Å². The summed E-state index contributed by atoms with van der Waals surface area (Å²) in [5, 5.41) is 60.1. The average Bonchev–Trinajstić information content (AvgIpc) is 3.03. The van der Waals surface area contributed by atoms with Gasteiger partial charge in [-0.05, 0) is 26.8 Å². The van der Waals surface area contributed by atoms with E-state index >= 15 is 0 Å². The molecular formula is C33H41N3O12. The molecule has 0 saturated carbocycles. The zero-order chi connectivity index (χ0) is 35.1. The molecule has 0 unspecified atom stereocenters. The minimum absolute atomic E-state index is 0.00486.